The fourth-order valence-electron chi connectivity index (χ4n) is 6.88. The molecule has 3 aromatic rings. The second-order valence-corrected chi connectivity index (χ2v) is 15.1. The summed E-state index contributed by atoms with van der Waals surface area (Å²) in [5.74, 6) is -0.740. The second-order valence-electron chi connectivity index (χ2n) is 15.1. The maximum Gasteiger partial charge on any atom is 0.404 e. The molecule has 1 aromatic heterocycles. The first kappa shape index (κ1) is 40.8. The van der Waals surface area contributed by atoms with Crippen LogP contribution in [0.4, 0.5) is 9.59 Å². The summed E-state index contributed by atoms with van der Waals surface area (Å²) in [7, 11) is 0. The lowest BCUT2D eigenvalue weighted by atomic mass is 9.88. The SMILES string of the molecule is CCC(C)C(C(=O)NC(Cc1ccccc1)CC(O)C(Cc1ccccc1)NC(=O)CC(C)(C)CNC(=O)O)N1CCN(Cc2cccc(C)n2)C1=O. The number of aromatic nitrogens is 1. The first-order valence-electron chi connectivity index (χ1n) is 18.5. The maximum absolute atomic E-state index is 14.3. The largest absolute Gasteiger partial charge is 0.465 e. The number of aliphatic hydroxyl groups excluding tert-OH is 1. The molecule has 1 aliphatic rings. The van der Waals surface area contributed by atoms with Gasteiger partial charge in [0.05, 0.1) is 24.4 Å². The average Bonchev–Trinajstić information content (AvgIpc) is 3.46. The zero-order valence-corrected chi connectivity index (χ0v) is 31.6. The van der Waals surface area contributed by atoms with Crippen molar-refractivity contribution >= 4 is 23.9 Å². The van der Waals surface area contributed by atoms with Crippen molar-refractivity contribution in [3.63, 3.8) is 0 Å². The number of benzene rings is 2. The average molecular weight is 729 g/mol. The van der Waals surface area contributed by atoms with E-state index in [1.165, 1.54) is 0 Å². The number of carboxylic acid groups (broad SMARTS) is 1. The third-order valence-corrected chi connectivity index (χ3v) is 9.88. The first-order chi connectivity index (χ1) is 25.2. The molecule has 5 unspecified atom stereocenters. The summed E-state index contributed by atoms with van der Waals surface area (Å²) in [6, 6.07) is 22.8. The van der Waals surface area contributed by atoms with Crippen LogP contribution in [-0.4, -0.2) is 92.8 Å². The quantitative estimate of drug-likeness (QED) is 0.117. The predicted molar refractivity (Wildman–Crippen MR) is 204 cm³/mol. The number of carbonyl (C=O) groups is 4. The molecule has 0 aliphatic carbocycles. The summed E-state index contributed by atoms with van der Waals surface area (Å²) in [6.45, 7) is 10.8. The number of hydrogen-bond donors (Lipinski definition) is 5. The normalized spacial score (nSPS) is 16.0. The van der Waals surface area contributed by atoms with Crippen LogP contribution in [0.1, 0.15) is 69.5 Å². The molecular weight excluding hydrogens is 672 g/mol. The van der Waals surface area contributed by atoms with Gasteiger partial charge in [0.25, 0.3) is 0 Å². The standard InChI is InChI=1S/C41H56N6O6/c1-6-28(2)37(47-21-20-46(40(47)53)26-32-19-13-14-29(3)43-32)38(50)44-33(22-30-15-9-7-10-16-30)24-35(48)34(23-31-17-11-8-12-18-31)45-36(49)25-41(4,5)27-42-39(51)52/h7-19,28,33-35,37,42,48H,6,20-27H2,1-5H3,(H,44,50)(H,45,49)(H,51,52). The van der Waals surface area contributed by atoms with Crippen LogP contribution in [0.25, 0.3) is 0 Å². The number of hydrogen-bond acceptors (Lipinski definition) is 6. The van der Waals surface area contributed by atoms with E-state index in [1.807, 2.05) is 99.6 Å². The third-order valence-electron chi connectivity index (χ3n) is 9.88. The number of nitrogens with one attached hydrogen (secondary N) is 3. The van der Waals surface area contributed by atoms with Gasteiger partial charge in [-0.15, -0.1) is 0 Å². The molecule has 53 heavy (non-hydrogen) atoms. The number of urea groups is 1. The van der Waals surface area contributed by atoms with Gasteiger partial charge in [0.1, 0.15) is 6.04 Å². The molecule has 12 heteroatoms. The fraction of sp³-hybridized carbons (Fsp3) is 0.488. The van der Waals surface area contributed by atoms with Crippen molar-refractivity contribution in [2.75, 3.05) is 19.6 Å². The summed E-state index contributed by atoms with van der Waals surface area (Å²) in [6.07, 6.45) is -0.601. The molecule has 0 bridgehead atoms. The zero-order chi connectivity index (χ0) is 38.5. The van der Waals surface area contributed by atoms with Crippen molar-refractivity contribution in [2.24, 2.45) is 11.3 Å². The van der Waals surface area contributed by atoms with E-state index in [4.69, 9.17) is 5.11 Å². The van der Waals surface area contributed by atoms with Crippen LogP contribution in [-0.2, 0) is 29.0 Å². The lowest BCUT2D eigenvalue weighted by molar-refractivity contribution is -0.128. The number of aryl methyl sites for hydroxylation is 1. The van der Waals surface area contributed by atoms with E-state index in [9.17, 15) is 24.3 Å². The van der Waals surface area contributed by atoms with Crippen LogP contribution in [0.2, 0.25) is 0 Å². The molecule has 0 saturated carbocycles. The zero-order valence-electron chi connectivity index (χ0n) is 31.6. The number of pyridine rings is 1. The lowest BCUT2D eigenvalue weighted by Crippen LogP contribution is -2.55. The van der Waals surface area contributed by atoms with Crippen molar-refractivity contribution in [3.05, 3.63) is 101 Å². The molecule has 5 N–H and O–H groups in total. The molecule has 12 nitrogen and oxygen atoms in total. The van der Waals surface area contributed by atoms with Gasteiger partial charge in [-0.1, -0.05) is 101 Å². The monoisotopic (exact) mass is 728 g/mol. The number of amides is 5. The lowest BCUT2D eigenvalue weighted by Gasteiger charge is -2.34. The van der Waals surface area contributed by atoms with Crippen LogP contribution in [0.3, 0.4) is 0 Å². The molecule has 0 radical (unpaired) electrons. The Hall–Kier alpha value is -4.97. The van der Waals surface area contributed by atoms with Gasteiger partial charge in [-0.2, -0.15) is 0 Å². The molecule has 1 saturated heterocycles. The predicted octanol–water partition coefficient (Wildman–Crippen LogP) is 4.93. The highest BCUT2D eigenvalue weighted by atomic mass is 16.4. The van der Waals surface area contributed by atoms with E-state index >= 15 is 0 Å². The highest BCUT2D eigenvalue weighted by Gasteiger charge is 2.40. The van der Waals surface area contributed by atoms with Crippen molar-refractivity contribution < 1.29 is 29.4 Å². The molecule has 286 valence electrons. The summed E-state index contributed by atoms with van der Waals surface area (Å²) >= 11 is 0. The first-order valence-corrected chi connectivity index (χ1v) is 18.5. The molecule has 2 aromatic carbocycles. The number of carbonyl (C=O) groups excluding carboxylic acids is 3. The van der Waals surface area contributed by atoms with Gasteiger partial charge in [0.2, 0.25) is 11.8 Å². The van der Waals surface area contributed by atoms with Crippen LogP contribution in [0.15, 0.2) is 78.9 Å². The van der Waals surface area contributed by atoms with Crippen molar-refractivity contribution in [1.82, 2.24) is 30.7 Å². The fourth-order valence-corrected chi connectivity index (χ4v) is 6.88. The topological polar surface area (TPSA) is 164 Å². The van der Waals surface area contributed by atoms with Gasteiger partial charge in [-0.25, -0.2) is 9.59 Å². The van der Waals surface area contributed by atoms with Crippen molar-refractivity contribution in [2.45, 2.75) is 97.5 Å². The maximum atomic E-state index is 14.3. The molecule has 2 heterocycles. The molecule has 4 rings (SSSR count). The Morgan fingerprint density at radius 1 is 0.906 bits per heavy atom. The van der Waals surface area contributed by atoms with Gasteiger partial charge in [0, 0.05) is 37.8 Å². The second kappa shape index (κ2) is 19.2. The van der Waals surface area contributed by atoms with E-state index in [0.29, 0.717) is 38.9 Å². The number of aliphatic hydroxyl groups is 1. The smallest absolute Gasteiger partial charge is 0.404 e. The highest BCUT2D eigenvalue weighted by Crippen LogP contribution is 2.24. The molecule has 5 amide bonds. The van der Waals surface area contributed by atoms with Crippen LogP contribution >= 0.6 is 0 Å². The summed E-state index contributed by atoms with van der Waals surface area (Å²) < 4.78 is 0. The highest BCUT2D eigenvalue weighted by molar-refractivity contribution is 5.88. The molecule has 1 fully saturated rings. The van der Waals surface area contributed by atoms with E-state index in [1.54, 1.807) is 23.6 Å². The van der Waals surface area contributed by atoms with Gasteiger partial charge in [-0.3, -0.25) is 14.6 Å². The number of nitrogens with zero attached hydrogens (tertiary/aromatic N) is 3. The van der Waals surface area contributed by atoms with Gasteiger partial charge >= 0.3 is 12.1 Å². The Morgan fingerprint density at radius 2 is 1.55 bits per heavy atom. The van der Waals surface area contributed by atoms with Crippen molar-refractivity contribution in [3.8, 4) is 0 Å². The van der Waals surface area contributed by atoms with E-state index < -0.39 is 35.7 Å². The Morgan fingerprint density at radius 3 is 2.15 bits per heavy atom. The summed E-state index contributed by atoms with van der Waals surface area (Å²) in [5.41, 5.74) is 2.88. The minimum atomic E-state index is -1.16. The van der Waals surface area contributed by atoms with E-state index in [-0.39, 0.29) is 43.1 Å². The summed E-state index contributed by atoms with van der Waals surface area (Å²) in [4.78, 5) is 60.5. The summed E-state index contributed by atoms with van der Waals surface area (Å²) in [5, 5.41) is 29.5. The van der Waals surface area contributed by atoms with Gasteiger partial charge in [0.15, 0.2) is 0 Å². The Labute approximate surface area is 313 Å². The third kappa shape index (κ3) is 12.6. The van der Waals surface area contributed by atoms with Gasteiger partial charge < -0.3 is 36.0 Å². The molecule has 1 aliphatic heterocycles. The van der Waals surface area contributed by atoms with Crippen LogP contribution in [0, 0.1) is 18.3 Å². The van der Waals surface area contributed by atoms with Gasteiger partial charge in [-0.05, 0) is 60.8 Å². The Kier molecular flexibility index (Phi) is 14.8. The minimum Gasteiger partial charge on any atom is -0.465 e. The van der Waals surface area contributed by atoms with Crippen LogP contribution < -0.4 is 16.0 Å². The number of rotatable bonds is 19. The molecule has 0 spiro atoms. The Bertz CT molecular complexity index is 1650. The van der Waals surface area contributed by atoms with E-state index in [0.717, 1.165) is 22.5 Å². The van der Waals surface area contributed by atoms with Crippen molar-refractivity contribution in [1.29, 1.82) is 0 Å². The Balaban J connectivity index is 1.54. The minimum absolute atomic E-state index is 0.0346. The molecular formula is C41H56N6O6. The van der Waals surface area contributed by atoms with Crippen LogP contribution in [0.5, 0.6) is 0 Å². The molecule has 5 atom stereocenters. The van der Waals surface area contributed by atoms with E-state index in [2.05, 4.69) is 20.9 Å².